The number of carboxylic acids is 1. The number of hydrogen-bond acceptors (Lipinski definition) is 6. The second-order valence-corrected chi connectivity index (χ2v) is 7.45. The highest BCUT2D eigenvalue weighted by atomic mass is 16.5. The molecule has 33 heavy (non-hydrogen) atoms. The Balaban J connectivity index is 2.01. The number of ether oxygens (including phenoxy) is 2. The van der Waals surface area contributed by atoms with E-state index in [9.17, 15) is 19.5 Å². The molecule has 0 amide bonds. The summed E-state index contributed by atoms with van der Waals surface area (Å²) in [5.74, 6) is -1.77. The summed E-state index contributed by atoms with van der Waals surface area (Å²) in [6.45, 7) is 2.33. The molecule has 0 saturated carbocycles. The smallest absolute Gasteiger partial charge is 0.359 e. The van der Waals surface area contributed by atoms with Crippen LogP contribution in [0.3, 0.4) is 0 Å². The molecule has 0 atom stereocenters. The van der Waals surface area contributed by atoms with Gasteiger partial charge in [0.25, 0.3) is 0 Å². The summed E-state index contributed by atoms with van der Waals surface area (Å²) in [6.07, 6.45) is 2.34. The van der Waals surface area contributed by atoms with Gasteiger partial charge in [0.05, 0.1) is 19.8 Å². The molecule has 3 aromatic rings. The van der Waals surface area contributed by atoms with Crippen LogP contribution in [0.4, 0.5) is 0 Å². The lowest BCUT2D eigenvalue weighted by atomic mass is 9.98. The van der Waals surface area contributed by atoms with E-state index in [-0.39, 0.29) is 23.5 Å². The van der Waals surface area contributed by atoms with Crippen molar-refractivity contribution in [3.63, 3.8) is 0 Å². The van der Waals surface area contributed by atoms with Crippen molar-refractivity contribution < 1.29 is 29.0 Å². The third kappa shape index (κ3) is 5.11. The molecule has 172 valence electrons. The zero-order valence-corrected chi connectivity index (χ0v) is 18.8. The normalized spacial score (nSPS) is 10.6. The lowest BCUT2D eigenvalue weighted by Crippen LogP contribution is -2.17. The van der Waals surface area contributed by atoms with Gasteiger partial charge < -0.3 is 19.1 Å². The Morgan fingerprint density at radius 2 is 1.64 bits per heavy atom. The molecule has 1 aromatic heterocycles. The minimum Gasteiger partial charge on any atom is -0.478 e. The van der Waals surface area contributed by atoms with Crippen LogP contribution in [-0.4, -0.2) is 46.8 Å². The van der Waals surface area contributed by atoms with Crippen LogP contribution in [0.1, 0.15) is 62.5 Å². The number of hydrogen-bond donors (Lipinski definition) is 1. The van der Waals surface area contributed by atoms with Crippen molar-refractivity contribution >= 4 is 17.9 Å². The molecule has 2 aromatic carbocycles. The highest BCUT2D eigenvalue weighted by Crippen LogP contribution is 2.25. The molecule has 3 rings (SSSR count). The fourth-order valence-electron chi connectivity index (χ4n) is 3.63. The molecule has 0 unspecified atom stereocenters. The molecule has 1 heterocycles. The van der Waals surface area contributed by atoms with E-state index in [4.69, 9.17) is 9.47 Å². The Kier molecular flexibility index (Phi) is 7.61. The molecule has 0 aliphatic heterocycles. The maximum absolute atomic E-state index is 12.5. The summed E-state index contributed by atoms with van der Waals surface area (Å²) < 4.78 is 11.4. The van der Waals surface area contributed by atoms with Crippen molar-refractivity contribution in [3.8, 4) is 11.1 Å². The summed E-state index contributed by atoms with van der Waals surface area (Å²) in [6, 6.07) is 14.2. The Bertz CT molecular complexity index is 1160. The van der Waals surface area contributed by atoms with Gasteiger partial charge in [0, 0.05) is 13.0 Å². The van der Waals surface area contributed by atoms with E-state index in [1.54, 1.807) is 28.8 Å². The first-order chi connectivity index (χ1) is 15.9. The second-order valence-electron chi connectivity index (χ2n) is 7.45. The maximum atomic E-state index is 12.5. The standard InChI is InChI=1S/C25H26N2O6/c1-4-5-10-20-26-21(24(30)32-2)22(25(31)33-3)27(20)15-16-11-13-17(14-12-16)18-8-6-7-9-19(18)23(28)29/h6-9,11-14H,4-5,10,15H2,1-3H3,(H,28,29). The summed E-state index contributed by atoms with van der Waals surface area (Å²) >= 11 is 0. The lowest BCUT2D eigenvalue weighted by Gasteiger charge is -2.12. The number of unbranched alkanes of at least 4 members (excludes halogenated alkanes) is 1. The Hall–Kier alpha value is -3.94. The quantitative estimate of drug-likeness (QED) is 0.487. The first-order valence-corrected chi connectivity index (χ1v) is 10.6. The third-order valence-corrected chi connectivity index (χ3v) is 5.32. The number of aryl methyl sites for hydroxylation is 1. The monoisotopic (exact) mass is 450 g/mol. The molecule has 0 radical (unpaired) electrons. The average molecular weight is 450 g/mol. The van der Waals surface area contributed by atoms with Crippen LogP contribution in [0, 0.1) is 0 Å². The number of carbonyl (C=O) groups excluding carboxylic acids is 2. The molecule has 0 spiro atoms. The van der Waals surface area contributed by atoms with Crippen LogP contribution in [0.5, 0.6) is 0 Å². The average Bonchev–Trinajstić information content (AvgIpc) is 3.20. The van der Waals surface area contributed by atoms with E-state index >= 15 is 0 Å². The number of aromatic carboxylic acids is 1. The zero-order chi connectivity index (χ0) is 24.0. The van der Waals surface area contributed by atoms with Crippen molar-refractivity contribution in [2.24, 2.45) is 0 Å². The minimum atomic E-state index is -0.994. The molecule has 0 fully saturated rings. The number of benzene rings is 2. The number of nitrogens with zero attached hydrogens (tertiary/aromatic N) is 2. The molecule has 0 saturated heterocycles. The summed E-state index contributed by atoms with van der Waals surface area (Å²) in [7, 11) is 2.49. The topological polar surface area (TPSA) is 108 Å². The van der Waals surface area contributed by atoms with Gasteiger partial charge in [0.2, 0.25) is 0 Å². The molecule has 8 heteroatoms. The van der Waals surface area contributed by atoms with Crippen LogP contribution >= 0.6 is 0 Å². The first-order valence-electron chi connectivity index (χ1n) is 10.6. The van der Waals surface area contributed by atoms with Gasteiger partial charge in [-0.2, -0.15) is 0 Å². The molecular weight excluding hydrogens is 424 g/mol. The summed E-state index contributed by atoms with van der Waals surface area (Å²) in [5.41, 5.74) is 2.43. The van der Waals surface area contributed by atoms with E-state index in [0.29, 0.717) is 17.8 Å². The minimum absolute atomic E-state index is 0.0516. The van der Waals surface area contributed by atoms with E-state index in [0.717, 1.165) is 24.0 Å². The van der Waals surface area contributed by atoms with E-state index in [2.05, 4.69) is 4.98 Å². The number of esters is 2. The largest absolute Gasteiger partial charge is 0.478 e. The number of rotatable bonds is 9. The molecular formula is C25H26N2O6. The fraction of sp³-hybridized carbons (Fsp3) is 0.280. The van der Waals surface area contributed by atoms with Crippen LogP contribution in [0.2, 0.25) is 0 Å². The lowest BCUT2D eigenvalue weighted by molar-refractivity contribution is 0.0544. The highest BCUT2D eigenvalue weighted by Gasteiger charge is 2.28. The summed E-state index contributed by atoms with van der Waals surface area (Å²) in [4.78, 5) is 40.8. The SMILES string of the molecule is CCCCc1nc(C(=O)OC)c(C(=O)OC)n1Cc1ccc(-c2ccccc2C(=O)O)cc1. The Labute approximate surface area is 191 Å². The zero-order valence-electron chi connectivity index (χ0n) is 18.8. The van der Waals surface area contributed by atoms with Gasteiger partial charge in [0.1, 0.15) is 5.82 Å². The van der Waals surface area contributed by atoms with E-state index in [1.807, 2.05) is 31.2 Å². The van der Waals surface area contributed by atoms with Gasteiger partial charge in [0.15, 0.2) is 11.4 Å². The Morgan fingerprint density at radius 3 is 2.24 bits per heavy atom. The molecule has 0 bridgehead atoms. The van der Waals surface area contributed by atoms with Crippen molar-refractivity contribution in [2.45, 2.75) is 32.7 Å². The van der Waals surface area contributed by atoms with E-state index < -0.39 is 17.9 Å². The molecule has 0 aliphatic rings. The van der Waals surface area contributed by atoms with Gasteiger partial charge in [-0.3, -0.25) is 0 Å². The predicted molar refractivity (Wildman–Crippen MR) is 121 cm³/mol. The van der Waals surface area contributed by atoms with Gasteiger partial charge in [-0.15, -0.1) is 0 Å². The number of imidazole rings is 1. The Morgan fingerprint density at radius 1 is 0.970 bits per heavy atom. The van der Waals surface area contributed by atoms with Crippen molar-refractivity contribution in [2.75, 3.05) is 14.2 Å². The number of methoxy groups -OCH3 is 2. The van der Waals surface area contributed by atoms with Gasteiger partial charge in [-0.1, -0.05) is 55.8 Å². The first kappa shape index (κ1) is 23.7. The highest BCUT2D eigenvalue weighted by molar-refractivity contribution is 6.01. The van der Waals surface area contributed by atoms with Crippen LogP contribution < -0.4 is 0 Å². The van der Waals surface area contributed by atoms with Crippen LogP contribution in [0.15, 0.2) is 48.5 Å². The molecule has 0 aliphatic carbocycles. The van der Waals surface area contributed by atoms with Gasteiger partial charge >= 0.3 is 17.9 Å². The maximum Gasteiger partial charge on any atom is 0.359 e. The van der Waals surface area contributed by atoms with E-state index in [1.165, 1.54) is 14.2 Å². The second kappa shape index (κ2) is 10.6. The van der Waals surface area contributed by atoms with Gasteiger partial charge in [-0.05, 0) is 29.2 Å². The predicted octanol–water partition coefficient (Wildman–Crippen LogP) is 4.21. The number of carboxylic acid groups (broad SMARTS) is 1. The van der Waals surface area contributed by atoms with Crippen molar-refractivity contribution in [3.05, 3.63) is 76.9 Å². The summed E-state index contributed by atoms with van der Waals surface area (Å²) in [5, 5.41) is 9.46. The van der Waals surface area contributed by atoms with Gasteiger partial charge in [-0.25, -0.2) is 19.4 Å². The van der Waals surface area contributed by atoms with Crippen LogP contribution in [0.25, 0.3) is 11.1 Å². The van der Waals surface area contributed by atoms with Crippen LogP contribution in [-0.2, 0) is 22.4 Å². The number of carbonyl (C=O) groups is 3. The van der Waals surface area contributed by atoms with Crippen molar-refractivity contribution in [1.82, 2.24) is 9.55 Å². The number of aromatic nitrogens is 2. The third-order valence-electron chi connectivity index (χ3n) is 5.32. The van der Waals surface area contributed by atoms with Crippen molar-refractivity contribution in [1.29, 1.82) is 0 Å². The molecule has 8 nitrogen and oxygen atoms in total. The molecule has 1 N–H and O–H groups in total. The fourth-order valence-corrected chi connectivity index (χ4v) is 3.63.